The van der Waals surface area contributed by atoms with E-state index in [9.17, 15) is 4.79 Å². The van der Waals surface area contributed by atoms with Gasteiger partial charge in [0.2, 0.25) is 5.16 Å². The lowest BCUT2D eigenvalue weighted by atomic mass is 10.0. The summed E-state index contributed by atoms with van der Waals surface area (Å²) in [7, 11) is 3.16. The Balaban J connectivity index is 2.01. The number of carbonyl (C=O) groups is 1. The average Bonchev–Trinajstić information content (AvgIpc) is 3.00. The van der Waals surface area contributed by atoms with Crippen LogP contribution in [0.2, 0.25) is 0 Å². The Morgan fingerprint density at radius 1 is 1.28 bits per heavy atom. The van der Waals surface area contributed by atoms with Crippen LogP contribution in [0.5, 0.6) is 11.5 Å². The topological polar surface area (TPSA) is 87.5 Å². The van der Waals surface area contributed by atoms with E-state index in [1.807, 2.05) is 25.1 Å². The average molecular weight is 364 g/mol. The number of esters is 1. The Kier molecular flexibility index (Phi) is 5.03. The monoisotopic (exact) mass is 364 g/mol. The minimum absolute atomic E-state index is 0.299. The highest BCUT2D eigenvalue weighted by atomic mass is 32.2. The molecule has 8 nitrogen and oxygen atoms in total. The molecule has 1 aliphatic heterocycles. The fourth-order valence-electron chi connectivity index (χ4n) is 2.66. The number of hydrogen-bond acceptors (Lipinski definition) is 8. The van der Waals surface area contributed by atoms with E-state index in [-0.39, 0.29) is 12.0 Å². The number of hydrogen-bond donors (Lipinski definition) is 1. The van der Waals surface area contributed by atoms with E-state index >= 15 is 0 Å². The minimum Gasteiger partial charge on any atom is -0.493 e. The van der Waals surface area contributed by atoms with Crippen LogP contribution in [0.3, 0.4) is 0 Å². The van der Waals surface area contributed by atoms with Crippen LogP contribution < -0.4 is 14.9 Å². The molecule has 0 radical (unpaired) electrons. The lowest BCUT2D eigenvalue weighted by Gasteiger charge is -2.32. The molecule has 0 saturated heterocycles. The molecule has 0 unspecified atom stereocenters. The molecule has 1 aliphatic rings. The number of aromatic nitrogens is 3. The zero-order valence-corrected chi connectivity index (χ0v) is 15.3. The van der Waals surface area contributed by atoms with Crippen LogP contribution in [-0.4, -0.2) is 46.9 Å². The van der Waals surface area contributed by atoms with Crippen LogP contribution in [0.15, 0.2) is 23.4 Å². The van der Waals surface area contributed by atoms with Gasteiger partial charge in [0.25, 0.3) is 0 Å². The summed E-state index contributed by atoms with van der Waals surface area (Å²) in [6, 6.07) is 5.24. The number of thioether (sulfide) groups is 1. The van der Waals surface area contributed by atoms with E-state index in [1.165, 1.54) is 11.8 Å². The second-order valence-electron chi connectivity index (χ2n) is 5.38. The van der Waals surface area contributed by atoms with E-state index < -0.39 is 5.25 Å². The van der Waals surface area contributed by atoms with Crippen molar-refractivity contribution in [1.29, 1.82) is 0 Å². The summed E-state index contributed by atoms with van der Waals surface area (Å²) in [6.45, 7) is 3.96. The molecule has 134 valence electrons. The van der Waals surface area contributed by atoms with Crippen molar-refractivity contribution in [2.24, 2.45) is 0 Å². The van der Waals surface area contributed by atoms with Crippen molar-refractivity contribution in [3.63, 3.8) is 0 Å². The SMILES string of the molecule is CCOC(=O)[C@@H]1Sc2nnc(C)n2N[C@@H]1c1ccc(OC)c(OC)c1. The van der Waals surface area contributed by atoms with Gasteiger partial charge in [-0.25, -0.2) is 4.68 Å². The van der Waals surface area contributed by atoms with E-state index in [1.54, 1.807) is 25.8 Å². The molecule has 0 fully saturated rings. The first kappa shape index (κ1) is 17.4. The number of aryl methyl sites for hydroxylation is 1. The third-order valence-electron chi connectivity index (χ3n) is 3.88. The van der Waals surface area contributed by atoms with Crippen LogP contribution >= 0.6 is 11.8 Å². The molecule has 1 aromatic carbocycles. The molecule has 3 rings (SSSR count). The van der Waals surface area contributed by atoms with Gasteiger partial charge in [0.05, 0.1) is 26.9 Å². The van der Waals surface area contributed by atoms with Gasteiger partial charge in [0, 0.05) is 0 Å². The third kappa shape index (κ3) is 3.23. The molecule has 9 heteroatoms. The fraction of sp³-hybridized carbons (Fsp3) is 0.438. The van der Waals surface area contributed by atoms with E-state index in [0.29, 0.717) is 23.3 Å². The summed E-state index contributed by atoms with van der Waals surface area (Å²) in [5, 5.41) is 8.30. The predicted molar refractivity (Wildman–Crippen MR) is 92.7 cm³/mol. The van der Waals surface area contributed by atoms with Gasteiger partial charge in [-0.15, -0.1) is 10.2 Å². The molecule has 0 aliphatic carbocycles. The van der Waals surface area contributed by atoms with Crippen molar-refractivity contribution in [3.8, 4) is 11.5 Å². The molecule has 0 spiro atoms. The summed E-state index contributed by atoms with van der Waals surface area (Å²) >= 11 is 1.33. The molecule has 25 heavy (non-hydrogen) atoms. The summed E-state index contributed by atoms with van der Waals surface area (Å²) < 4.78 is 17.7. The Morgan fingerprint density at radius 2 is 2.04 bits per heavy atom. The zero-order chi connectivity index (χ0) is 18.0. The maximum atomic E-state index is 12.5. The molecule has 2 aromatic rings. The van der Waals surface area contributed by atoms with Crippen molar-refractivity contribution < 1.29 is 19.0 Å². The van der Waals surface area contributed by atoms with Crippen molar-refractivity contribution in [2.45, 2.75) is 30.3 Å². The highest BCUT2D eigenvalue weighted by Crippen LogP contribution is 2.39. The van der Waals surface area contributed by atoms with Gasteiger partial charge in [-0.3, -0.25) is 4.79 Å². The van der Waals surface area contributed by atoms with Crippen LogP contribution in [0, 0.1) is 6.92 Å². The highest BCUT2D eigenvalue weighted by Gasteiger charge is 2.38. The second-order valence-corrected chi connectivity index (χ2v) is 6.49. The standard InChI is InChI=1S/C16H20N4O4S/c1-5-24-15(21)14-13(19-20-9(2)17-18-16(20)25-14)10-6-7-11(22-3)12(8-10)23-4/h6-8,13-14,19H,5H2,1-4H3/t13-,14-/m1/s1. The first-order chi connectivity index (χ1) is 12.1. The minimum atomic E-state index is -0.492. The van der Waals surface area contributed by atoms with Gasteiger partial charge in [-0.05, 0) is 31.5 Å². The van der Waals surface area contributed by atoms with E-state index in [0.717, 1.165) is 11.4 Å². The van der Waals surface area contributed by atoms with Crippen LogP contribution in [0.1, 0.15) is 24.4 Å². The first-order valence-corrected chi connectivity index (χ1v) is 8.70. The molecule has 2 atom stereocenters. The number of ether oxygens (including phenoxy) is 3. The molecule has 2 heterocycles. The van der Waals surface area contributed by atoms with E-state index in [2.05, 4.69) is 15.6 Å². The first-order valence-electron chi connectivity index (χ1n) is 7.82. The maximum absolute atomic E-state index is 12.5. The number of rotatable bonds is 5. The maximum Gasteiger partial charge on any atom is 0.322 e. The smallest absolute Gasteiger partial charge is 0.322 e. The zero-order valence-electron chi connectivity index (χ0n) is 14.5. The largest absolute Gasteiger partial charge is 0.493 e. The number of fused-ring (bicyclic) bond motifs is 1. The summed E-state index contributed by atoms with van der Waals surface area (Å²) in [5.74, 6) is 1.64. The molecule has 1 aromatic heterocycles. The molecule has 0 amide bonds. The fourth-order valence-corrected chi connectivity index (χ4v) is 3.78. The Labute approximate surface area is 149 Å². The Morgan fingerprint density at radius 3 is 2.72 bits per heavy atom. The van der Waals surface area contributed by atoms with Gasteiger partial charge in [-0.2, -0.15) is 0 Å². The molecule has 0 bridgehead atoms. The van der Waals surface area contributed by atoms with Crippen molar-refractivity contribution in [3.05, 3.63) is 29.6 Å². The predicted octanol–water partition coefficient (Wildman–Crippen LogP) is 1.93. The van der Waals surface area contributed by atoms with Gasteiger partial charge in [0.15, 0.2) is 11.5 Å². The van der Waals surface area contributed by atoms with Gasteiger partial charge < -0.3 is 19.6 Å². The van der Waals surface area contributed by atoms with Crippen LogP contribution in [0.4, 0.5) is 0 Å². The van der Waals surface area contributed by atoms with Crippen molar-refractivity contribution in [1.82, 2.24) is 14.9 Å². The lowest BCUT2D eigenvalue weighted by molar-refractivity contribution is -0.142. The second kappa shape index (κ2) is 7.22. The number of nitrogens with zero attached hydrogens (tertiary/aromatic N) is 3. The third-order valence-corrected chi connectivity index (χ3v) is 5.08. The van der Waals surface area contributed by atoms with Crippen molar-refractivity contribution >= 4 is 17.7 Å². The van der Waals surface area contributed by atoms with Gasteiger partial charge in [-0.1, -0.05) is 17.8 Å². The summed E-state index contributed by atoms with van der Waals surface area (Å²) in [5.41, 5.74) is 4.19. The lowest BCUT2D eigenvalue weighted by Crippen LogP contribution is -2.39. The summed E-state index contributed by atoms with van der Waals surface area (Å²) in [4.78, 5) is 12.5. The van der Waals surface area contributed by atoms with Gasteiger partial charge >= 0.3 is 5.97 Å². The molecule has 0 saturated carbocycles. The van der Waals surface area contributed by atoms with Gasteiger partial charge in [0.1, 0.15) is 11.1 Å². The Bertz CT molecular complexity index is 779. The molecular formula is C16H20N4O4S. The molecular weight excluding hydrogens is 344 g/mol. The number of nitrogens with one attached hydrogen (secondary N) is 1. The van der Waals surface area contributed by atoms with E-state index in [4.69, 9.17) is 14.2 Å². The number of benzene rings is 1. The number of methoxy groups -OCH3 is 2. The highest BCUT2D eigenvalue weighted by molar-refractivity contribution is 8.00. The van der Waals surface area contributed by atoms with Crippen LogP contribution in [-0.2, 0) is 9.53 Å². The molecule has 1 N–H and O–H groups in total. The quantitative estimate of drug-likeness (QED) is 0.805. The Hall–Kier alpha value is -2.42. The number of carbonyl (C=O) groups excluding carboxylic acids is 1. The van der Waals surface area contributed by atoms with Crippen LogP contribution in [0.25, 0.3) is 0 Å². The normalized spacial score (nSPS) is 18.9. The van der Waals surface area contributed by atoms with Crippen molar-refractivity contribution in [2.75, 3.05) is 26.3 Å². The summed E-state index contributed by atoms with van der Waals surface area (Å²) in [6.07, 6.45) is 0.